The van der Waals surface area contributed by atoms with Crippen molar-refractivity contribution in [1.29, 1.82) is 0 Å². The zero-order valence-corrected chi connectivity index (χ0v) is 20.6. The van der Waals surface area contributed by atoms with Crippen LogP contribution in [0.25, 0.3) is 6.20 Å². The van der Waals surface area contributed by atoms with Crippen molar-refractivity contribution in [2.75, 3.05) is 49.9 Å². The number of rotatable bonds is 4. The molecule has 4 aliphatic rings. The second kappa shape index (κ2) is 8.98. The SMILES string of the molecule is COc1nc(N2CCC3(CC2)OCCO3)ccc1N1C=c2c(c(C3CCCCC3)nn2C)=[N+]([O-])C1. The minimum atomic E-state index is -0.418. The summed E-state index contributed by atoms with van der Waals surface area (Å²) in [6.07, 6.45) is 9.53. The number of hydrogen-bond donors (Lipinski definition) is 0. The van der Waals surface area contributed by atoms with E-state index in [1.807, 2.05) is 35.0 Å². The number of fused-ring (bicyclic) bond motifs is 1. The topological polar surface area (TPSA) is 91.0 Å². The molecule has 10 heteroatoms. The third kappa shape index (κ3) is 4.02. The summed E-state index contributed by atoms with van der Waals surface area (Å²) in [4.78, 5) is 8.94. The Labute approximate surface area is 205 Å². The molecule has 1 aliphatic carbocycles. The predicted molar refractivity (Wildman–Crippen MR) is 132 cm³/mol. The van der Waals surface area contributed by atoms with E-state index >= 15 is 0 Å². The first-order valence-electron chi connectivity index (χ1n) is 12.8. The molecule has 3 aliphatic heterocycles. The van der Waals surface area contributed by atoms with Gasteiger partial charge in [0.05, 0.1) is 20.3 Å². The van der Waals surface area contributed by atoms with E-state index in [1.54, 1.807) is 7.11 Å². The van der Waals surface area contributed by atoms with Crippen molar-refractivity contribution >= 4 is 17.7 Å². The highest BCUT2D eigenvalue weighted by Crippen LogP contribution is 2.35. The van der Waals surface area contributed by atoms with Gasteiger partial charge < -0.3 is 24.3 Å². The number of anilines is 2. The summed E-state index contributed by atoms with van der Waals surface area (Å²) in [7, 11) is 3.54. The van der Waals surface area contributed by atoms with Crippen LogP contribution in [0.4, 0.5) is 11.5 Å². The molecule has 35 heavy (non-hydrogen) atoms. The van der Waals surface area contributed by atoms with Gasteiger partial charge in [0, 0.05) is 45.1 Å². The quantitative estimate of drug-likeness (QED) is 0.477. The van der Waals surface area contributed by atoms with Gasteiger partial charge in [-0.15, -0.1) is 0 Å². The molecule has 0 amide bonds. The summed E-state index contributed by atoms with van der Waals surface area (Å²) in [5.74, 6) is 1.31. The minimum Gasteiger partial charge on any atom is -0.622 e. The highest BCUT2D eigenvalue weighted by molar-refractivity contribution is 5.66. The van der Waals surface area contributed by atoms with E-state index in [2.05, 4.69) is 4.90 Å². The molecule has 2 aromatic heterocycles. The maximum absolute atomic E-state index is 13.3. The van der Waals surface area contributed by atoms with Gasteiger partial charge in [-0.05, 0) is 25.0 Å². The van der Waals surface area contributed by atoms with Gasteiger partial charge in [0.1, 0.15) is 22.5 Å². The number of aryl methyl sites for hydroxylation is 1. The van der Waals surface area contributed by atoms with Crippen LogP contribution in [0.3, 0.4) is 0 Å². The van der Waals surface area contributed by atoms with Gasteiger partial charge in [-0.25, -0.2) is 0 Å². The van der Waals surface area contributed by atoms with E-state index < -0.39 is 5.79 Å². The maximum atomic E-state index is 13.3. The van der Waals surface area contributed by atoms with Crippen LogP contribution in [0.1, 0.15) is 56.6 Å². The fourth-order valence-electron chi connectivity index (χ4n) is 5.97. The van der Waals surface area contributed by atoms with Crippen LogP contribution in [-0.4, -0.2) is 60.6 Å². The molecule has 1 saturated carbocycles. The molecule has 0 radical (unpaired) electrons. The van der Waals surface area contributed by atoms with Crippen molar-refractivity contribution in [3.05, 3.63) is 33.7 Å². The number of piperidine rings is 1. The number of hydroxylamine groups is 1. The molecule has 188 valence electrons. The number of aromatic nitrogens is 3. The number of methoxy groups -OCH3 is 1. The fourth-order valence-corrected chi connectivity index (χ4v) is 5.97. The van der Waals surface area contributed by atoms with Gasteiger partial charge in [-0.1, -0.05) is 19.3 Å². The lowest BCUT2D eigenvalue weighted by Crippen LogP contribution is -2.50. The van der Waals surface area contributed by atoms with Crippen molar-refractivity contribution in [3.8, 4) is 5.88 Å². The van der Waals surface area contributed by atoms with Crippen molar-refractivity contribution in [2.24, 2.45) is 7.05 Å². The van der Waals surface area contributed by atoms with Gasteiger partial charge in [-0.2, -0.15) is 14.8 Å². The highest BCUT2D eigenvalue weighted by atomic mass is 16.7. The van der Waals surface area contributed by atoms with Crippen LogP contribution in [0.2, 0.25) is 0 Å². The van der Waals surface area contributed by atoms with Gasteiger partial charge in [0.2, 0.25) is 12.5 Å². The smallest absolute Gasteiger partial charge is 0.263 e. The molecule has 3 fully saturated rings. The fraction of sp³-hybridized carbons (Fsp3) is 0.640. The Morgan fingerprint density at radius 2 is 1.86 bits per heavy atom. The second-order valence-corrected chi connectivity index (χ2v) is 9.99. The van der Waals surface area contributed by atoms with E-state index in [0.717, 1.165) is 71.4 Å². The Bertz CT molecular complexity index is 1210. The first kappa shape index (κ1) is 22.6. The molecule has 0 atom stereocenters. The van der Waals surface area contributed by atoms with Crippen LogP contribution in [0.5, 0.6) is 5.88 Å². The maximum Gasteiger partial charge on any atom is 0.263 e. The highest BCUT2D eigenvalue weighted by Gasteiger charge is 2.40. The lowest BCUT2D eigenvalue weighted by atomic mass is 9.87. The van der Waals surface area contributed by atoms with Crippen LogP contribution in [-0.2, 0) is 16.5 Å². The third-order valence-corrected chi connectivity index (χ3v) is 7.88. The average molecular weight is 483 g/mol. The molecule has 2 saturated heterocycles. The third-order valence-electron chi connectivity index (χ3n) is 7.88. The molecule has 0 N–H and O–H groups in total. The monoisotopic (exact) mass is 482 g/mol. The Hall–Kier alpha value is -2.85. The molecule has 0 bridgehead atoms. The first-order chi connectivity index (χ1) is 17.1. The average Bonchev–Trinajstić information content (AvgIpc) is 3.49. The van der Waals surface area contributed by atoms with Gasteiger partial charge in [0.15, 0.2) is 5.79 Å². The van der Waals surface area contributed by atoms with Crippen LogP contribution >= 0.6 is 0 Å². The number of pyridine rings is 1. The Morgan fingerprint density at radius 1 is 1.11 bits per heavy atom. The summed E-state index contributed by atoms with van der Waals surface area (Å²) in [5.41, 5.74) is 1.71. The molecular formula is C25H34N6O4. The Morgan fingerprint density at radius 3 is 2.57 bits per heavy atom. The van der Waals surface area contributed by atoms with Crippen molar-refractivity contribution in [1.82, 2.24) is 19.5 Å². The van der Waals surface area contributed by atoms with Gasteiger partial charge >= 0.3 is 0 Å². The van der Waals surface area contributed by atoms with Crippen molar-refractivity contribution in [3.63, 3.8) is 0 Å². The molecule has 6 rings (SSSR count). The normalized spacial score (nSPS) is 22.4. The minimum absolute atomic E-state index is 0.177. The van der Waals surface area contributed by atoms with E-state index in [4.69, 9.17) is 24.3 Å². The lowest BCUT2D eigenvalue weighted by Gasteiger charge is -2.38. The van der Waals surface area contributed by atoms with Gasteiger partial charge in [-0.3, -0.25) is 9.58 Å². The van der Waals surface area contributed by atoms with Crippen molar-refractivity contribution in [2.45, 2.75) is 56.7 Å². The molecule has 0 aromatic carbocycles. The summed E-state index contributed by atoms with van der Waals surface area (Å²) in [6, 6.07) is 3.99. The molecule has 5 heterocycles. The largest absolute Gasteiger partial charge is 0.622 e. The zero-order chi connectivity index (χ0) is 24.0. The van der Waals surface area contributed by atoms with Crippen LogP contribution < -0.4 is 30.0 Å². The molecule has 2 aromatic rings. The predicted octanol–water partition coefficient (Wildman–Crippen LogP) is 1.42. The molecule has 1 spiro atoms. The van der Waals surface area contributed by atoms with E-state index in [-0.39, 0.29) is 6.67 Å². The van der Waals surface area contributed by atoms with Gasteiger partial charge in [0.25, 0.3) is 5.36 Å². The van der Waals surface area contributed by atoms with Crippen LogP contribution in [0, 0.1) is 5.21 Å². The second-order valence-electron chi connectivity index (χ2n) is 9.99. The standard InChI is InChI=1S/C25H34N6O4/c1-28-20-16-30(17-31(32)23(20)22(27-28)18-6-4-3-5-7-18)19-8-9-21(26-24(19)33-2)29-12-10-25(11-13-29)34-14-15-35-25/h8-9,16,18H,3-7,10-15,17H2,1-2H3. The number of nitrogens with zero attached hydrogens (tertiary/aromatic N) is 6. The lowest BCUT2D eigenvalue weighted by molar-refractivity contribution is -0.169. The van der Waals surface area contributed by atoms with Crippen molar-refractivity contribution < 1.29 is 14.2 Å². The summed E-state index contributed by atoms with van der Waals surface area (Å²) in [6.45, 7) is 3.13. The summed E-state index contributed by atoms with van der Waals surface area (Å²) < 4.78 is 20.3. The number of ether oxygens (including phenoxy) is 3. The molecule has 10 nitrogen and oxygen atoms in total. The Kier molecular flexibility index (Phi) is 5.80. The molecule has 0 unspecified atom stereocenters. The number of hydrogen-bond acceptors (Lipinski definition) is 8. The van der Waals surface area contributed by atoms with E-state index in [1.165, 1.54) is 19.3 Å². The zero-order valence-electron chi connectivity index (χ0n) is 20.6. The van der Waals surface area contributed by atoms with Crippen LogP contribution in [0.15, 0.2) is 12.1 Å². The first-order valence-corrected chi connectivity index (χ1v) is 12.8. The molecular weight excluding hydrogens is 448 g/mol. The summed E-state index contributed by atoms with van der Waals surface area (Å²) in [5, 5.41) is 19.6. The van der Waals surface area contributed by atoms with E-state index in [9.17, 15) is 5.21 Å². The Balaban J connectivity index is 1.27. The summed E-state index contributed by atoms with van der Waals surface area (Å²) >= 11 is 0. The van der Waals surface area contributed by atoms with E-state index in [0.29, 0.717) is 25.0 Å².